The molecule has 1 aliphatic rings. The van der Waals surface area contributed by atoms with Crippen molar-refractivity contribution in [3.63, 3.8) is 0 Å². The van der Waals surface area contributed by atoms with Crippen LogP contribution in [0.5, 0.6) is 5.75 Å². The molecule has 1 aromatic heterocycles. The molecule has 1 heterocycles. The molecule has 0 radical (unpaired) electrons. The summed E-state index contributed by atoms with van der Waals surface area (Å²) in [6.07, 6.45) is 5.77. The SMILES string of the molecule is CC(C)(C)[C@@H]1CCc2c(sc(NC(=O)/C=C\c3ccc(OC(F)F)cc3)c2C#N)C1. The highest BCUT2D eigenvalue weighted by Gasteiger charge is 2.32. The van der Waals surface area contributed by atoms with Gasteiger partial charge in [-0.2, -0.15) is 14.0 Å². The highest BCUT2D eigenvalue weighted by molar-refractivity contribution is 7.16. The van der Waals surface area contributed by atoms with Crippen LogP contribution in [0.3, 0.4) is 0 Å². The van der Waals surface area contributed by atoms with Gasteiger partial charge in [-0.1, -0.05) is 32.9 Å². The lowest BCUT2D eigenvalue weighted by Gasteiger charge is -2.33. The second-order valence-corrected chi connectivity index (χ2v) is 9.50. The predicted molar refractivity (Wildman–Crippen MR) is 115 cm³/mol. The zero-order valence-corrected chi connectivity index (χ0v) is 18.0. The quantitative estimate of drug-likeness (QED) is 0.590. The molecule has 0 fully saturated rings. The number of carbonyl (C=O) groups excluding carboxylic acids is 1. The summed E-state index contributed by atoms with van der Waals surface area (Å²) in [5.74, 6) is 0.268. The van der Waals surface area contributed by atoms with E-state index in [1.54, 1.807) is 18.2 Å². The number of nitrogens with zero attached hydrogens (tertiary/aromatic N) is 1. The molecule has 0 unspecified atom stereocenters. The predicted octanol–water partition coefficient (Wildman–Crippen LogP) is 6.02. The summed E-state index contributed by atoms with van der Waals surface area (Å²) in [7, 11) is 0. The van der Waals surface area contributed by atoms with E-state index in [1.165, 1.54) is 34.4 Å². The van der Waals surface area contributed by atoms with Crippen LogP contribution >= 0.6 is 11.3 Å². The molecule has 0 aliphatic heterocycles. The average Bonchev–Trinajstić information content (AvgIpc) is 3.02. The highest BCUT2D eigenvalue weighted by atomic mass is 32.1. The smallest absolute Gasteiger partial charge is 0.387 e. The van der Waals surface area contributed by atoms with Crippen molar-refractivity contribution in [2.75, 3.05) is 5.32 Å². The van der Waals surface area contributed by atoms with E-state index in [9.17, 15) is 18.8 Å². The van der Waals surface area contributed by atoms with E-state index < -0.39 is 6.61 Å². The molecule has 1 atom stereocenters. The molecule has 2 aromatic rings. The lowest BCUT2D eigenvalue weighted by Crippen LogP contribution is -2.26. The van der Waals surface area contributed by atoms with Crippen molar-refractivity contribution in [3.8, 4) is 11.8 Å². The number of fused-ring (bicyclic) bond motifs is 1. The van der Waals surface area contributed by atoms with Gasteiger partial charge in [0.05, 0.1) is 5.56 Å². The third-order valence-electron chi connectivity index (χ3n) is 5.37. The fraction of sp³-hybridized carbons (Fsp3) is 0.391. The number of halogens is 2. The van der Waals surface area contributed by atoms with E-state index in [2.05, 4.69) is 36.9 Å². The Kier molecular flexibility index (Phi) is 6.57. The van der Waals surface area contributed by atoms with Gasteiger partial charge in [0, 0.05) is 11.0 Å². The molecule has 0 saturated carbocycles. The first-order valence-electron chi connectivity index (χ1n) is 9.76. The van der Waals surface area contributed by atoms with Crippen molar-refractivity contribution in [2.24, 2.45) is 11.3 Å². The summed E-state index contributed by atoms with van der Waals surface area (Å²) in [5, 5.41) is 13.0. The molecule has 0 spiro atoms. The molecule has 3 rings (SSSR count). The molecule has 1 aromatic carbocycles. The number of rotatable bonds is 5. The second kappa shape index (κ2) is 8.97. The van der Waals surface area contributed by atoms with Gasteiger partial charge in [0.1, 0.15) is 16.8 Å². The van der Waals surface area contributed by atoms with Gasteiger partial charge in [0.15, 0.2) is 0 Å². The van der Waals surface area contributed by atoms with Crippen LogP contribution in [0, 0.1) is 22.7 Å². The van der Waals surface area contributed by atoms with Crippen LogP contribution in [-0.4, -0.2) is 12.5 Å². The maximum absolute atomic E-state index is 12.4. The third-order valence-corrected chi connectivity index (χ3v) is 6.54. The Labute approximate surface area is 179 Å². The highest BCUT2D eigenvalue weighted by Crippen LogP contribution is 2.43. The number of benzene rings is 1. The van der Waals surface area contributed by atoms with Crippen LogP contribution < -0.4 is 10.1 Å². The van der Waals surface area contributed by atoms with E-state index in [1.807, 2.05) is 0 Å². The fourth-order valence-corrected chi connectivity index (χ4v) is 4.90. The molecule has 1 N–H and O–H groups in total. The maximum atomic E-state index is 12.4. The largest absolute Gasteiger partial charge is 0.435 e. The Morgan fingerprint density at radius 3 is 2.63 bits per heavy atom. The molecule has 0 bridgehead atoms. The first-order valence-corrected chi connectivity index (χ1v) is 10.6. The lowest BCUT2D eigenvalue weighted by molar-refractivity contribution is -0.111. The third kappa shape index (κ3) is 5.25. The summed E-state index contributed by atoms with van der Waals surface area (Å²) >= 11 is 1.49. The van der Waals surface area contributed by atoms with Crippen LogP contribution in [0.1, 0.15) is 48.8 Å². The molecule has 7 heteroatoms. The standard InChI is InChI=1S/C23H24F2N2O2S/c1-23(2,3)15-7-10-17-18(13-26)21(30-19(17)12-15)27-20(28)11-6-14-4-8-16(9-5-14)29-22(24)25/h4-6,8-9,11,15,22H,7,10,12H2,1-3H3,(H,27,28)/b11-6-/t15-/m1/s1. The Hall–Kier alpha value is -2.72. The number of nitriles is 1. The van der Waals surface area contributed by atoms with E-state index >= 15 is 0 Å². The Bertz CT molecular complexity index is 982. The Balaban J connectivity index is 1.69. The number of nitrogens with one attached hydrogen (secondary N) is 1. The topological polar surface area (TPSA) is 62.1 Å². The minimum atomic E-state index is -2.87. The number of hydrogen-bond acceptors (Lipinski definition) is 4. The number of thiophene rings is 1. The van der Waals surface area contributed by atoms with E-state index in [0.717, 1.165) is 24.8 Å². The zero-order chi connectivity index (χ0) is 21.9. The van der Waals surface area contributed by atoms with Gasteiger partial charge in [0.25, 0.3) is 0 Å². The van der Waals surface area contributed by atoms with Gasteiger partial charge >= 0.3 is 6.61 Å². The normalized spacial score (nSPS) is 16.4. The van der Waals surface area contributed by atoms with Gasteiger partial charge in [-0.3, -0.25) is 4.79 Å². The number of ether oxygens (including phenoxy) is 1. The second-order valence-electron chi connectivity index (χ2n) is 8.40. The van der Waals surface area contributed by atoms with Crippen molar-refractivity contribution in [3.05, 3.63) is 51.9 Å². The minimum absolute atomic E-state index is 0.0583. The number of anilines is 1. The number of alkyl halides is 2. The molecule has 1 amide bonds. The van der Waals surface area contributed by atoms with Crippen LogP contribution in [0.15, 0.2) is 30.3 Å². The van der Waals surface area contributed by atoms with Gasteiger partial charge in [-0.25, -0.2) is 0 Å². The average molecular weight is 431 g/mol. The first-order chi connectivity index (χ1) is 14.2. The van der Waals surface area contributed by atoms with Crippen molar-refractivity contribution in [2.45, 2.75) is 46.6 Å². The van der Waals surface area contributed by atoms with Gasteiger partial charge in [-0.15, -0.1) is 11.3 Å². The number of hydrogen-bond donors (Lipinski definition) is 1. The molecular formula is C23H24F2N2O2S. The number of amides is 1. The molecule has 0 saturated heterocycles. The summed E-state index contributed by atoms with van der Waals surface area (Å²) in [4.78, 5) is 13.6. The lowest BCUT2D eigenvalue weighted by atomic mass is 9.72. The van der Waals surface area contributed by atoms with Crippen molar-refractivity contribution < 1.29 is 18.3 Å². The Morgan fingerprint density at radius 1 is 1.33 bits per heavy atom. The molecule has 30 heavy (non-hydrogen) atoms. The van der Waals surface area contributed by atoms with Crippen LogP contribution in [0.4, 0.5) is 13.8 Å². The van der Waals surface area contributed by atoms with Crippen molar-refractivity contribution in [1.82, 2.24) is 0 Å². The van der Waals surface area contributed by atoms with Crippen LogP contribution in [0.2, 0.25) is 0 Å². The van der Waals surface area contributed by atoms with Crippen LogP contribution in [-0.2, 0) is 17.6 Å². The summed E-state index contributed by atoms with van der Waals surface area (Å²) in [5.41, 5.74) is 2.51. The van der Waals surface area contributed by atoms with Crippen LogP contribution in [0.25, 0.3) is 6.08 Å². The van der Waals surface area contributed by atoms with Gasteiger partial charge in [-0.05, 0) is 59.9 Å². The van der Waals surface area contributed by atoms with Crippen molar-refractivity contribution in [1.29, 1.82) is 5.26 Å². The Morgan fingerprint density at radius 2 is 2.03 bits per heavy atom. The van der Waals surface area contributed by atoms with E-state index in [-0.39, 0.29) is 17.1 Å². The minimum Gasteiger partial charge on any atom is -0.435 e. The maximum Gasteiger partial charge on any atom is 0.387 e. The zero-order valence-electron chi connectivity index (χ0n) is 17.2. The molecule has 158 valence electrons. The van der Waals surface area contributed by atoms with Gasteiger partial charge < -0.3 is 10.1 Å². The summed E-state index contributed by atoms with van der Waals surface area (Å²) in [6, 6.07) is 8.25. The molecule has 4 nitrogen and oxygen atoms in total. The van der Waals surface area contributed by atoms with Gasteiger partial charge in [0.2, 0.25) is 5.91 Å². The molecular weight excluding hydrogens is 406 g/mol. The monoisotopic (exact) mass is 430 g/mol. The first kappa shape index (κ1) is 22.0. The van der Waals surface area contributed by atoms with E-state index in [0.29, 0.717) is 22.0 Å². The molecule has 1 aliphatic carbocycles. The summed E-state index contributed by atoms with van der Waals surface area (Å²) < 4.78 is 28.7. The van der Waals surface area contributed by atoms with Crippen molar-refractivity contribution >= 4 is 28.3 Å². The fourth-order valence-electron chi connectivity index (χ4n) is 3.62. The summed E-state index contributed by atoms with van der Waals surface area (Å²) in [6.45, 7) is 3.84. The number of carbonyl (C=O) groups is 1. The van der Waals surface area contributed by atoms with E-state index in [4.69, 9.17) is 0 Å².